The Balaban J connectivity index is 1.35. The molecule has 58 heavy (non-hydrogen) atoms. The molecule has 0 aliphatic carbocycles. The van der Waals surface area contributed by atoms with Crippen molar-refractivity contribution >= 4 is 11.0 Å². The number of hydrogen-bond donors (Lipinski definition) is 0. The lowest BCUT2D eigenvalue weighted by atomic mass is 9.88. The van der Waals surface area contributed by atoms with Crippen LogP contribution in [0, 0.1) is 0 Å². The molecule has 1 aromatic heterocycles. The van der Waals surface area contributed by atoms with Crippen molar-refractivity contribution in [2.24, 2.45) is 0 Å². The monoisotopic (exact) mass is 738 g/mol. The molecular weight excluding hydrogens is 701 g/mol. The first-order valence-corrected chi connectivity index (χ1v) is 19.8. The Kier molecular flexibility index (Phi) is 9.27. The summed E-state index contributed by atoms with van der Waals surface area (Å²) in [5, 5.41) is 0. The first kappa shape index (κ1) is 34.8. The van der Waals surface area contributed by atoms with Gasteiger partial charge in [-0.2, -0.15) is 0 Å². The predicted molar refractivity (Wildman–Crippen MR) is 243 cm³/mol. The van der Waals surface area contributed by atoms with Crippen molar-refractivity contribution in [2.45, 2.75) is 0 Å². The minimum Gasteiger partial charge on any atom is -0.243 e. The summed E-state index contributed by atoms with van der Waals surface area (Å²) < 4.78 is 0. The molecule has 9 aromatic carbocycles. The fourth-order valence-electron chi connectivity index (χ4n) is 8.24. The van der Waals surface area contributed by atoms with E-state index in [0.29, 0.717) is 0 Å². The van der Waals surface area contributed by atoms with E-state index in [9.17, 15) is 0 Å². The second-order valence-electron chi connectivity index (χ2n) is 14.4. The number of rotatable bonds is 8. The first-order valence-electron chi connectivity index (χ1n) is 19.8. The van der Waals surface area contributed by atoms with Crippen LogP contribution in [0.1, 0.15) is 0 Å². The molecule has 0 fully saturated rings. The van der Waals surface area contributed by atoms with Crippen molar-refractivity contribution in [1.29, 1.82) is 0 Å². The zero-order valence-corrected chi connectivity index (χ0v) is 31.8. The molecule has 0 atom stereocenters. The average molecular weight is 739 g/mol. The standard InChI is InChI=1S/C56H38N2/c1-5-21-39(22-6-1)43-29-13-17-33-47(43)51-37-38-52(48-34-18-14-30-44(48)40-23-7-2-8-24-40)56-55(51)57-53(49-35-19-15-31-45(49)41-25-9-3-10-26-41)54(58-56)50-36-20-16-32-46(50)42-27-11-4-12-28-42/h1-38H. The topological polar surface area (TPSA) is 25.8 Å². The van der Waals surface area contributed by atoms with Crippen LogP contribution in [0.25, 0.3) is 100 Å². The van der Waals surface area contributed by atoms with E-state index >= 15 is 0 Å². The van der Waals surface area contributed by atoms with E-state index in [0.717, 1.165) is 100 Å². The molecule has 0 spiro atoms. The summed E-state index contributed by atoms with van der Waals surface area (Å²) in [5.41, 5.74) is 18.8. The lowest BCUT2D eigenvalue weighted by Crippen LogP contribution is -2.01. The maximum absolute atomic E-state index is 5.88. The van der Waals surface area contributed by atoms with E-state index in [1.54, 1.807) is 0 Å². The second kappa shape index (κ2) is 15.5. The Morgan fingerprint density at radius 1 is 0.172 bits per heavy atom. The normalized spacial score (nSPS) is 11.1. The van der Waals surface area contributed by atoms with Crippen LogP contribution in [0.15, 0.2) is 231 Å². The van der Waals surface area contributed by atoms with Gasteiger partial charge in [0.1, 0.15) is 0 Å². The van der Waals surface area contributed by atoms with Crippen molar-refractivity contribution in [3.05, 3.63) is 231 Å². The van der Waals surface area contributed by atoms with Gasteiger partial charge in [-0.25, -0.2) is 9.97 Å². The number of hydrogen-bond acceptors (Lipinski definition) is 2. The van der Waals surface area contributed by atoms with Crippen LogP contribution in [-0.4, -0.2) is 9.97 Å². The molecule has 2 heteroatoms. The van der Waals surface area contributed by atoms with Gasteiger partial charge in [-0.15, -0.1) is 0 Å². The minimum atomic E-state index is 0.835. The molecule has 0 saturated heterocycles. The molecule has 0 radical (unpaired) electrons. The Labute approximate surface area is 339 Å². The third-order valence-electron chi connectivity index (χ3n) is 11.0. The van der Waals surface area contributed by atoms with Gasteiger partial charge in [0.2, 0.25) is 0 Å². The second-order valence-corrected chi connectivity index (χ2v) is 14.4. The smallest absolute Gasteiger partial charge is 0.0979 e. The molecule has 1 heterocycles. The van der Waals surface area contributed by atoms with Crippen LogP contribution in [-0.2, 0) is 0 Å². The summed E-state index contributed by atoms with van der Waals surface area (Å²) >= 11 is 0. The molecule has 0 saturated carbocycles. The molecule has 2 nitrogen and oxygen atoms in total. The Morgan fingerprint density at radius 2 is 0.397 bits per heavy atom. The number of nitrogens with zero attached hydrogens (tertiary/aromatic N) is 2. The van der Waals surface area contributed by atoms with E-state index in [2.05, 4.69) is 231 Å². The summed E-state index contributed by atoms with van der Waals surface area (Å²) in [6, 6.07) is 81.5. The third kappa shape index (κ3) is 6.47. The number of aromatic nitrogens is 2. The van der Waals surface area contributed by atoms with Gasteiger partial charge in [-0.1, -0.05) is 231 Å². The zero-order chi connectivity index (χ0) is 38.7. The highest BCUT2D eigenvalue weighted by Crippen LogP contribution is 2.45. The van der Waals surface area contributed by atoms with E-state index < -0.39 is 0 Å². The summed E-state index contributed by atoms with van der Waals surface area (Å²) in [7, 11) is 0. The average Bonchev–Trinajstić information content (AvgIpc) is 3.32. The number of benzene rings is 9. The van der Waals surface area contributed by atoms with Crippen LogP contribution in [0.2, 0.25) is 0 Å². The largest absolute Gasteiger partial charge is 0.243 e. The van der Waals surface area contributed by atoms with Crippen molar-refractivity contribution in [1.82, 2.24) is 9.97 Å². The molecule has 10 rings (SSSR count). The molecule has 0 bridgehead atoms. The van der Waals surface area contributed by atoms with Crippen LogP contribution in [0.5, 0.6) is 0 Å². The predicted octanol–water partition coefficient (Wildman–Crippen LogP) is 15.0. The fraction of sp³-hybridized carbons (Fsp3) is 0. The lowest BCUT2D eigenvalue weighted by molar-refractivity contribution is 1.29. The van der Waals surface area contributed by atoms with Crippen molar-refractivity contribution < 1.29 is 0 Å². The maximum Gasteiger partial charge on any atom is 0.0979 e. The zero-order valence-electron chi connectivity index (χ0n) is 31.8. The lowest BCUT2D eigenvalue weighted by Gasteiger charge is -2.20. The van der Waals surface area contributed by atoms with Gasteiger partial charge in [0, 0.05) is 22.3 Å². The molecule has 0 unspecified atom stereocenters. The van der Waals surface area contributed by atoms with Gasteiger partial charge in [-0.3, -0.25) is 0 Å². The molecule has 0 amide bonds. The molecule has 0 aliphatic heterocycles. The molecule has 0 N–H and O–H groups in total. The van der Waals surface area contributed by atoms with Gasteiger partial charge in [0.05, 0.1) is 22.4 Å². The highest BCUT2D eigenvalue weighted by Gasteiger charge is 2.24. The number of fused-ring (bicyclic) bond motifs is 1. The third-order valence-corrected chi connectivity index (χ3v) is 11.0. The Morgan fingerprint density at radius 3 is 0.690 bits per heavy atom. The van der Waals surface area contributed by atoms with Gasteiger partial charge in [-0.05, 0) is 55.6 Å². The van der Waals surface area contributed by atoms with Gasteiger partial charge >= 0.3 is 0 Å². The van der Waals surface area contributed by atoms with Crippen LogP contribution < -0.4 is 0 Å². The van der Waals surface area contributed by atoms with Gasteiger partial charge in [0.25, 0.3) is 0 Å². The Hall–Kier alpha value is -7.68. The molecule has 272 valence electrons. The van der Waals surface area contributed by atoms with Gasteiger partial charge in [0.15, 0.2) is 0 Å². The van der Waals surface area contributed by atoms with Crippen molar-refractivity contribution in [3.63, 3.8) is 0 Å². The quantitative estimate of drug-likeness (QED) is 0.155. The van der Waals surface area contributed by atoms with Crippen LogP contribution >= 0.6 is 0 Å². The van der Waals surface area contributed by atoms with Crippen molar-refractivity contribution in [3.8, 4) is 89.3 Å². The summed E-state index contributed by atoms with van der Waals surface area (Å²) in [4.78, 5) is 11.8. The molecule has 10 aromatic rings. The summed E-state index contributed by atoms with van der Waals surface area (Å²) in [6.07, 6.45) is 0. The molecule has 0 aliphatic rings. The maximum atomic E-state index is 5.88. The Bertz CT molecular complexity index is 2820. The SMILES string of the molecule is c1ccc(-c2ccccc2-c2nc3c(-c4ccccc4-c4ccccc4)ccc(-c4ccccc4-c4ccccc4)c3nc2-c2ccccc2-c2ccccc2)cc1. The van der Waals surface area contributed by atoms with Crippen LogP contribution in [0.4, 0.5) is 0 Å². The fourth-order valence-corrected chi connectivity index (χ4v) is 8.24. The van der Waals surface area contributed by atoms with Crippen molar-refractivity contribution in [2.75, 3.05) is 0 Å². The highest BCUT2D eigenvalue weighted by atomic mass is 14.8. The highest BCUT2D eigenvalue weighted by molar-refractivity contribution is 6.07. The van der Waals surface area contributed by atoms with E-state index in [1.807, 2.05) is 0 Å². The minimum absolute atomic E-state index is 0.835. The first-order chi connectivity index (χ1) is 28.8. The summed E-state index contributed by atoms with van der Waals surface area (Å²) in [6.45, 7) is 0. The van der Waals surface area contributed by atoms with Crippen LogP contribution in [0.3, 0.4) is 0 Å². The van der Waals surface area contributed by atoms with E-state index in [-0.39, 0.29) is 0 Å². The summed E-state index contributed by atoms with van der Waals surface area (Å²) in [5.74, 6) is 0. The van der Waals surface area contributed by atoms with E-state index in [1.165, 1.54) is 0 Å². The molecular formula is C56H38N2. The van der Waals surface area contributed by atoms with Gasteiger partial charge < -0.3 is 0 Å². The van der Waals surface area contributed by atoms with E-state index in [4.69, 9.17) is 9.97 Å².